The van der Waals surface area contributed by atoms with Crippen molar-refractivity contribution in [1.29, 1.82) is 0 Å². The highest BCUT2D eigenvalue weighted by molar-refractivity contribution is 5.80. The number of rotatable bonds is 5. The number of aliphatic imine (C=N–C) groups is 1. The molecule has 4 N–H and O–H groups in total. The third-order valence-corrected chi connectivity index (χ3v) is 2.23. The molecule has 0 spiro atoms. The molecule has 0 aromatic rings. The lowest BCUT2D eigenvalue weighted by molar-refractivity contribution is 0.185. The first-order valence-electron chi connectivity index (χ1n) is 5.26. The predicted molar refractivity (Wildman–Crippen MR) is 63.6 cm³/mol. The molecule has 0 aromatic heterocycles. The average molecular weight is 216 g/mol. The highest BCUT2D eigenvalue weighted by Crippen LogP contribution is 2.06. The summed E-state index contributed by atoms with van der Waals surface area (Å²) in [5.74, 6) is 6.00. The van der Waals surface area contributed by atoms with Crippen molar-refractivity contribution in [2.45, 2.75) is 45.7 Å². The van der Waals surface area contributed by atoms with E-state index in [1.807, 2.05) is 6.92 Å². The smallest absolute Gasteiger partial charge is 0.206 e. The van der Waals surface area contributed by atoms with Crippen molar-refractivity contribution in [2.24, 2.45) is 10.8 Å². The van der Waals surface area contributed by atoms with E-state index >= 15 is 0 Å². The largest absolute Gasteiger partial charge is 0.382 e. The molecule has 0 fully saturated rings. The molecule has 15 heavy (non-hydrogen) atoms. The van der Waals surface area contributed by atoms with Gasteiger partial charge in [-0.3, -0.25) is 5.43 Å². The van der Waals surface area contributed by atoms with Gasteiger partial charge in [-0.1, -0.05) is 6.92 Å². The van der Waals surface area contributed by atoms with Crippen molar-refractivity contribution in [3.05, 3.63) is 0 Å². The topological polar surface area (TPSA) is 71.7 Å². The van der Waals surface area contributed by atoms with Gasteiger partial charge in [0.1, 0.15) is 0 Å². The zero-order valence-electron chi connectivity index (χ0n) is 10.4. The summed E-state index contributed by atoms with van der Waals surface area (Å²) in [5.41, 5.74) is 2.55. The number of nitrogens with one attached hydrogen (secondary N) is 2. The van der Waals surface area contributed by atoms with E-state index in [1.165, 1.54) is 0 Å². The number of methoxy groups -OCH3 is 1. The van der Waals surface area contributed by atoms with E-state index in [1.54, 1.807) is 7.11 Å². The van der Waals surface area contributed by atoms with Crippen molar-refractivity contribution < 1.29 is 4.74 Å². The molecule has 0 heterocycles. The number of nitrogens with zero attached hydrogens (tertiary/aromatic N) is 1. The van der Waals surface area contributed by atoms with E-state index in [9.17, 15) is 0 Å². The van der Waals surface area contributed by atoms with Crippen LogP contribution in [0.3, 0.4) is 0 Å². The molecule has 0 amide bonds. The summed E-state index contributed by atoms with van der Waals surface area (Å²) in [4.78, 5) is 4.36. The summed E-state index contributed by atoms with van der Waals surface area (Å²) >= 11 is 0. The number of hydrogen-bond acceptors (Lipinski definition) is 3. The Morgan fingerprint density at radius 3 is 2.53 bits per heavy atom. The summed E-state index contributed by atoms with van der Waals surface area (Å²) in [6, 6.07) is 0.0845. The molecule has 0 aromatic carbocycles. The summed E-state index contributed by atoms with van der Waals surface area (Å²) in [6.07, 6.45) is 0.992. The van der Waals surface area contributed by atoms with Gasteiger partial charge in [0.15, 0.2) is 0 Å². The first kappa shape index (κ1) is 14.2. The quantitative estimate of drug-likeness (QED) is 0.273. The molecule has 1 atom stereocenters. The Kier molecular flexibility index (Phi) is 6.27. The first-order valence-corrected chi connectivity index (χ1v) is 5.26. The van der Waals surface area contributed by atoms with Crippen LogP contribution in [0.2, 0.25) is 0 Å². The van der Waals surface area contributed by atoms with Crippen molar-refractivity contribution in [1.82, 2.24) is 10.7 Å². The number of nitrogens with two attached hydrogens (primary N) is 1. The van der Waals surface area contributed by atoms with Crippen molar-refractivity contribution in [2.75, 3.05) is 13.7 Å². The van der Waals surface area contributed by atoms with E-state index in [-0.39, 0.29) is 11.6 Å². The van der Waals surface area contributed by atoms with Gasteiger partial charge < -0.3 is 10.1 Å². The lowest BCUT2D eigenvalue weighted by atomic mass is 10.0. The lowest BCUT2D eigenvalue weighted by Gasteiger charge is -2.26. The first-order chi connectivity index (χ1) is 6.95. The highest BCUT2D eigenvalue weighted by Gasteiger charge is 2.16. The van der Waals surface area contributed by atoms with Crippen LogP contribution < -0.4 is 16.6 Å². The molecule has 5 heteroatoms. The van der Waals surface area contributed by atoms with Crippen LogP contribution in [-0.2, 0) is 4.74 Å². The zero-order chi connectivity index (χ0) is 11.9. The number of hydrazine groups is 1. The third kappa shape index (κ3) is 6.30. The Bertz CT molecular complexity index is 204. The molecule has 0 rings (SSSR count). The molecule has 0 saturated heterocycles. The maximum Gasteiger partial charge on any atom is 0.206 e. The Morgan fingerprint density at radius 2 is 2.13 bits per heavy atom. The van der Waals surface area contributed by atoms with Crippen LogP contribution in [0.25, 0.3) is 0 Å². The van der Waals surface area contributed by atoms with Crippen LogP contribution in [0.1, 0.15) is 34.1 Å². The molecule has 0 aliphatic heterocycles. The SMILES string of the molecule is CCC(C)(C)NC(=NC(C)COC)NN. The molecular formula is C10H24N4O. The minimum atomic E-state index is -0.0159. The fourth-order valence-electron chi connectivity index (χ4n) is 1.01. The molecule has 0 aliphatic rings. The summed E-state index contributed by atoms with van der Waals surface area (Å²) in [6.45, 7) is 8.86. The fourth-order valence-corrected chi connectivity index (χ4v) is 1.01. The molecule has 0 aliphatic carbocycles. The maximum absolute atomic E-state index is 5.40. The maximum atomic E-state index is 5.40. The highest BCUT2D eigenvalue weighted by atomic mass is 16.5. The zero-order valence-corrected chi connectivity index (χ0v) is 10.4. The second-order valence-electron chi connectivity index (χ2n) is 4.29. The molecule has 5 nitrogen and oxygen atoms in total. The van der Waals surface area contributed by atoms with Crippen LogP contribution in [0.15, 0.2) is 4.99 Å². The van der Waals surface area contributed by atoms with Gasteiger partial charge >= 0.3 is 0 Å². The Labute approximate surface area is 92.4 Å². The van der Waals surface area contributed by atoms with Gasteiger partial charge in [0.05, 0.1) is 12.6 Å². The minimum Gasteiger partial charge on any atom is -0.382 e. The van der Waals surface area contributed by atoms with Gasteiger partial charge in [0.2, 0.25) is 5.96 Å². The standard InChI is InChI=1S/C10H24N4O/c1-6-10(3,4)13-9(14-11)12-8(2)7-15-5/h8H,6-7,11H2,1-5H3,(H2,12,13,14). The Balaban J connectivity index is 4.35. The van der Waals surface area contributed by atoms with Gasteiger partial charge in [-0.2, -0.15) is 0 Å². The summed E-state index contributed by atoms with van der Waals surface area (Å²) in [5, 5.41) is 3.24. The lowest BCUT2D eigenvalue weighted by Crippen LogP contribution is -2.51. The van der Waals surface area contributed by atoms with Gasteiger partial charge in [-0.25, -0.2) is 10.8 Å². The van der Waals surface area contributed by atoms with E-state index in [4.69, 9.17) is 10.6 Å². The van der Waals surface area contributed by atoms with E-state index < -0.39 is 0 Å². The van der Waals surface area contributed by atoms with Gasteiger partial charge in [-0.05, 0) is 27.2 Å². The van der Waals surface area contributed by atoms with Crippen LogP contribution in [-0.4, -0.2) is 31.3 Å². The minimum absolute atomic E-state index is 0.0159. The molecule has 90 valence electrons. The van der Waals surface area contributed by atoms with Crippen LogP contribution in [0.5, 0.6) is 0 Å². The second kappa shape index (κ2) is 6.63. The third-order valence-electron chi connectivity index (χ3n) is 2.23. The molecule has 0 bridgehead atoms. The number of ether oxygens (including phenoxy) is 1. The Morgan fingerprint density at radius 1 is 1.53 bits per heavy atom. The van der Waals surface area contributed by atoms with Crippen molar-refractivity contribution in [3.63, 3.8) is 0 Å². The average Bonchev–Trinajstić information content (AvgIpc) is 2.17. The molecular weight excluding hydrogens is 192 g/mol. The van der Waals surface area contributed by atoms with E-state index in [0.29, 0.717) is 12.6 Å². The monoisotopic (exact) mass is 216 g/mol. The molecule has 1 unspecified atom stereocenters. The normalized spacial score (nSPS) is 14.9. The Hall–Kier alpha value is -0.810. The van der Waals surface area contributed by atoms with Crippen molar-refractivity contribution in [3.8, 4) is 0 Å². The summed E-state index contributed by atoms with van der Waals surface area (Å²) in [7, 11) is 1.66. The number of hydrogen-bond donors (Lipinski definition) is 3. The van der Waals surface area contributed by atoms with Gasteiger partial charge in [0.25, 0.3) is 0 Å². The van der Waals surface area contributed by atoms with Crippen molar-refractivity contribution >= 4 is 5.96 Å². The van der Waals surface area contributed by atoms with Crippen LogP contribution in [0.4, 0.5) is 0 Å². The second-order valence-corrected chi connectivity index (χ2v) is 4.29. The van der Waals surface area contributed by atoms with Crippen LogP contribution >= 0.6 is 0 Å². The van der Waals surface area contributed by atoms with Gasteiger partial charge in [-0.15, -0.1) is 0 Å². The molecule has 0 saturated carbocycles. The van der Waals surface area contributed by atoms with Gasteiger partial charge in [0, 0.05) is 12.6 Å². The fraction of sp³-hybridized carbons (Fsp3) is 0.900. The number of guanidine groups is 1. The van der Waals surface area contributed by atoms with Crippen LogP contribution in [0, 0.1) is 0 Å². The summed E-state index contributed by atoms with van der Waals surface area (Å²) < 4.78 is 5.00. The van der Waals surface area contributed by atoms with E-state index in [0.717, 1.165) is 6.42 Å². The predicted octanol–water partition coefficient (Wildman–Crippen LogP) is 0.619. The van der Waals surface area contributed by atoms with E-state index in [2.05, 4.69) is 36.5 Å². The molecule has 0 radical (unpaired) electrons.